The van der Waals surface area contributed by atoms with Crippen LogP contribution in [-0.2, 0) is 0 Å². The molecule has 1 heteroatoms. The summed E-state index contributed by atoms with van der Waals surface area (Å²) in [5.41, 5.74) is 5.22. The SMILES string of the molecule is C1=C(c2ccccc2)NC(c2ccccc2)C(c2ccccc2)C1. The molecule has 0 saturated carbocycles. The molecule has 1 aliphatic rings. The molecule has 3 aromatic rings. The molecular weight excluding hydrogens is 290 g/mol. The average molecular weight is 311 g/mol. The number of allylic oxidation sites excluding steroid dienone is 1. The van der Waals surface area contributed by atoms with Crippen molar-refractivity contribution in [1.29, 1.82) is 0 Å². The summed E-state index contributed by atoms with van der Waals surface area (Å²) in [6, 6.07) is 32.5. The van der Waals surface area contributed by atoms with Crippen molar-refractivity contribution in [1.82, 2.24) is 5.32 Å². The standard InChI is InChI=1S/C23H21N/c1-4-10-18(11-5-1)21-16-17-22(19-12-6-2-7-13-19)24-23(21)20-14-8-3-9-15-20/h1-15,17,21,23-24H,16H2. The molecule has 0 aromatic heterocycles. The lowest BCUT2D eigenvalue weighted by molar-refractivity contribution is 0.488. The molecule has 2 unspecified atom stereocenters. The van der Waals surface area contributed by atoms with E-state index in [0.717, 1.165) is 6.42 Å². The molecule has 0 bridgehead atoms. The molecule has 3 aromatic carbocycles. The third-order valence-corrected chi connectivity index (χ3v) is 4.76. The summed E-state index contributed by atoms with van der Waals surface area (Å²) in [5, 5.41) is 3.80. The highest BCUT2D eigenvalue weighted by atomic mass is 14.9. The highest BCUT2D eigenvalue weighted by molar-refractivity contribution is 5.65. The first-order valence-corrected chi connectivity index (χ1v) is 8.54. The molecule has 0 amide bonds. The van der Waals surface area contributed by atoms with Crippen LogP contribution in [0.3, 0.4) is 0 Å². The number of rotatable bonds is 3. The van der Waals surface area contributed by atoms with Crippen LogP contribution in [0.2, 0.25) is 0 Å². The van der Waals surface area contributed by atoms with Gasteiger partial charge in [-0.05, 0) is 23.1 Å². The van der Waals surface area contributed by atoms with Crippen LogP contribution >= 0.6 is 0 Å². The Labute approximate surface area is 143 Å². The Morgan fingerprint density at radius 1 is 0.625 bits per heavy atom. The highest BCUT2D eigenvalue weighted by Crippen LogP contribution is 2.39. The van der Waals surface area contributed by atoms with Gasteiger partial charge >= 0.3 is 0 Å². The van der Waals surface area contributed by atoms with Crippen molar-refractivity contribution in [3.8, 4) is 0 Å². The zero-order valence-corrected chi connectivity index (χ0v) is 13.6. The lowest BCUT2D eigenvalue weighted by Crippen LogP contribution is -2.29. The first-order chi connectivity index (χ1) is 11.9. The van der Waals surface area contributed by atoms with Gasteiger partial charge in [-0.25, -0.2) is 0 Å². The summed E-state index contributed by atoms with van der Waals surface area (Å²) >= 11 is 0. The number of hydrogen-bond acceptors (Lipinski definition) is 1. The maximum Gasteiger partial charge on any atom is 0.0585 e. The maximum atomic E-state index is 3.80. The van der Waals surface area contributed by atoms with Gasteiger partial charge < -0.3 is 5.32 Å². The van der Waals surface area contributed by atoms with Crippen molar-refractivity contribution in [3.63, 3.8) is 0 Å². The van der Waals surface area contributed by atoms with E-state index in [0.29, 0.717) is 5.92 Å². The molecular formula is C23H21N. The van der Waals surface area contributed by atoms with Crippen LogP contribution in [-0.4, -0.2) is 0 Å². The molecule has 1 nitrogen and oxygen atoms in total. The molecule has 2 atom stereocenters. The molecule has 0 radical (unpaired) electrons. The second-order valence-corrected chi connectivity index (χ2v) is 6.27. The summed E-state index contributed by atoms with van der Waals surface area (Å²) < 4.78 is 0. The normalized spacial score (nSPS) is 20.1. The third kappa shape index (κ3) is 2.98. The van der Waals surface area contributed by atoms with E-state index in [-0.39, 0.29) is 6.04 Å². The average Bonchev–Trinajstić information content (AvgIpc) is 2.69. The minimum absolute atomic E-state index is 0.286. The minimum Gasteiger partial charge on any atom is -0.377 e. The molecule has 1 aliphatic heterocycles. The highest BCUT2D eigenvalue weighted by Gasteiger charge is 2.28. The van der Waals surface area contributed by atoms with Crippen LogP contribution in [0.5, 0.6) is 0 Å². The van der Waals surface area contributed by atoms with Crippen molar-refractivity contribution in [2.75, 3.05) is 0 Å². The zero-order valence-electron chi connectivity index (χ0n) is 13.6. The Bertz CT molecular complexity index is 806. The molecule has 118 valence electrons. The van der Waals surface area contributed by atoms with Gasteiger partial charge in [0.15, 0.2) is 0 Å². The van der Waals surface area contributed by atoms with Gasteiger partial charge in [-0.15, -0.1) is 0 Å². The largest absolute Gasteiger partial charge is 0.377 e. The summed E-state index contributed by atoms with van der Waals surface area (Å²) in [6.07, 6.45) is 3.38. The van der Waals surface area contributed by atoms with Gasteiger partial charge in [0.25, 0.3) is 0 Å². The monoisotopic (exact) mass is 311 g/mol. The molecule has 0 saturated heterocycles. The molecule has 0 aliphatic carbocycles. The molecule has 24 heavy (non-hydrogen) atoms. The predicted molar refractivity (Wildman–Crippen MR) is 101 cm³/mol. The van der Waals surface area contributed by atoms with Crippen LogP contribution in [0.15, 0.2) is 97.1 Å². The van der Waals surface area contributed by atoms with Crippen molar-refractivity contribution in [3.05, 3.63) is 114 Å². The lowest BCUT2D eigenvalue weighted by atomic mass is 9.81. The second-order valence-electron chi connectivity index (χ2n) is 6.27. The number of benzene rings is 3. The van der Waals surface area contributed by atoms with Crippen LogP contribution < -0.4 is 5.32 Å². The van der Waals surface area contributed by atoms with E-state index in [9.17, 15) is 0 Å². The van der Waals surface area contributed by atoms with E-state index in [1.807, 2.05) is 0 Å². The Hall–Kier alpha value is -2.80. The van der Waals surface area contributed by atoms with E-state index in [1.54, 1.807) is 0 Å². The summed E-state index contributed by atoms with van der Waals surface area (Å²) in [4.78, 5) is 0. The Kier molecular flexibility index (Phi) is 4.16. The van der Waals surface area contributed by atoms with E-state index in [2.05, 4.69) is 102 Å². The van der Waals surface area contributed by atoms with E-state index >= 15 is 0 Å². The van der Waals surface area contributed by atoms with E-state index in [1.165, 1.54) is 22.4 Å². The predicted octanol–water partition coefficient (Wildman–Crippen LogP) is 5.55. The van der Waals surface area contributed by atoms with Crippen molar-refractivity contribution in [2.24, 2.45) is 0 Å². The van der Waals surface area contributed by atoms with Gasteiger partial charge in [-0.1, -0.05) is 97.1 Å². The first kappa shape index (κ1) is 14.8. The van der Waals surface area contributed by atoms with Gasteiger partial charge in [0.2, 0.25) is 0 Å². The Morgan fingerprint density at radius 2 is 1.17 bits per heavy atom. The first-order valence-electron chi connectivity index (χ1n) is 8.54. The number of nitrogens with one attached hydrogen (secondary N) is 1. The third-order valence-electron chi connectivity index (χ3n) is 4.76. The summed E-state index contributed by atoms with van der Waals surface area (Å²) in [5.74, 6) is 0.445. The molecule has 1 heterocycles. The van der Waals surface area contributed by atoms with Gasteiger partial charge in [0, 0.05) is 11.6 Å². The fourth-order valence-electron chi connectivity index (χ4n) is 3.53. The molecule has 1 N–H and O–H groups in total. The fraction of sp³-hybridized carbons (Fsp3) is 0.130. The minimum atomic E-state index is 0.286. The Morgan fingerprint density at radius 3 is 1.79 bits per heavy atom. The van der Waals surface area contributed by atoms with Crippen molar-refractivity contribution < 1.29 is 0 Å². The topological polar surface area (TPSA) is 12.0 Å². The van der Waals surface area contributed by atoms with E-state index < -0.39 is 0 Å². The molecule has 4 rings (SSSR count). The van der Waals surface area contributed by atoms with Crippen molar-refractivity contribution in [2.45, 2.75) is 18.4 Å². The lowest BCUT2D eigenvalue weighted by Gasteiger charge is -2.34. The Balaban J connectivity index is 1.72. The maximum absolute atomic E-state index is 3.80. The van der Waals surface area contributed by atoms with Gasteiger partial charge in [-0.2, -0.15) is 0 Å². The molecule has 0 fully saturated rings. The van der Waals surface area contributed by atoms with Crippen LogP contribution in [0.4, 0.5) is 0 Å². The summed E-state index contributed by atoms with van der Waals surface area (Å²) in [7, 11) is 0. The summed E-state index contributed by atoms with van der Waals surface area (Å²) in [6.45, 7) is 0. The van der Waals surface area contributed by atoms with Gasteiger partial charge in [0.05, 0.1) is 6.04 Å². The van der Waals surface area contributed by atoms with Crippen LogP contribution in [0, 0.1) is 0 Å². The fourth-order valence-corrected chi connectivity index (χ4v) is 3.53. The number of hydrogen-bond donors (Lipinski definition) is 1. The zero-order chi connectivity index (χ0) is 16.2. The van der Waals surface area contributed by atoms with Crippen molar-refractivity contribution >= 4 is 5.70 Å². The van der Waals surface area contributed by atoms with Gasteiger partial charge in [-0.3, -0.25) is 0 Å². The smallest absolute Gasteiger partial charge is 0.0585 e. The quantitative estimate of drug-likeness (QED) is 0.669. The molecule has 0 spiro atoms. The second kappa shape index (κ2) is 6.76. The van der Waals surface area contributed by atoms with Crippen LogP contribution in [0.1, 0.15) is 35.1 Å². The van der Waals surface area contributed by atoms with Crippen LogP contribution in [0.25, 0.3) is 5.70 Å². The van der Waals surface area contributed by atoms with Gasteiger partial charge in [0.1, 0.15) is 0 Å². The van der Waals surface area contributed by atoms with E-state index in [4.69, 9.17) is 0 Å².